The summed E-state index contributed by atoms with van der Waals surface area (Å²) in [6, 6.07) is 26.3. The van der Waals surface area contributed by atoms with E-state index in [0.717, 1.165) is 31.0 Å². The molecule has 0 radical (unpaired) electrons. The number of nitrogens with zero attached hydrogens (tertiary/aromatic N) is 1. The van der Waals surface area contributed by atoms with E-state index in [9.17, 15) is 0 Å². The molecule has 126 valence electrons. The lowest BCUT2D eigenvalue weighted by molar-refractivity contribution is 0.354. The van der Waals surface area contributed by atoms with Gasteiger partial charge in [-0.25, -0.2) is 0 Å². The summed E-state index contributed by atoms with van der Waals surface area (Å²) < 4.78 is 0. The second kappa shape index (κ2) is 7.24. The topological polar surface area (TPSA) is 15.3 Å². The quantitative estimate of drug-likeness (QED) is 0.698. The maximum atomic E-state index is 5.56. The summed E-state index contributed by atoms with van der Waals surface area (Å²) in [7, 11) is 0. The van der Waals surface area contributed by atoms with Crippen LogP contribution in [0.2, 0.25) is 0 Å². The molecule has 0 aliphatic carbocycles. The first-order chi connectivity index (χ1) is 12.3. The number of nitrogens with one attached hydrogen (secondary N) is 1. The van der Waals surface area contributed by atoms with Crippen LogP contribution in [-0.4, -0.2) is 29.1 Å². The summed E-state index contributed by atoms with van der Waals surface area (Å²) in [4.78, 5) is 2.37. The summed E-state index contributed by atoms with van der Waals surface area (Å²) in [5.41, 5.74) is 2.76. The van der Waals surface area contributed by atoms with Gasteiger partial charge in [-0.05, 0) is 47.0 Å². The largest absolute Gasteiger partial charge is 0.360 e. The first-order valence-corrected chi connectivity index (χ1v) is 9.27. The monoisotopic (exact) mass is 346 g/mol. The van der Waals surface area contributed by atoms with Crippen molar-refractivity contribution in [2.45, 2.75) is 18.9 Å². The van der Waals surface area contributed by atoms with Crippen LogP contribution in [-0.2, 0) is 12.8 Å². The molecule has 0 spiro atoms. The van der Waals surface area contributed by atoms with Crippen molar-refractivity contribution in [1.82, 2.24) is 10.2 Å². The van der Waals surface area contributed by atoms with Gasteiger partial charge in [-0.15, -0.1) is 0 Å². The lowest BCUT2D eigenvalue weighted by Crippen LogP contribution is -2.37. The lowest BCUT2D eigenvalue weighted by Gasteiger charge is -2.25. The molecule has 0 unspecified atom stereocenters. The predicted octanol–water partition coefficient (Wildman–Crippen LogP) is 4.18. The minimum absolute atomic E-state index is 0.435. The van der Waals surface area contributed by atoms with Crippen molar-refractivity contribution in [3.63, 3.8) is 0 Å². The van der Waals surface area contributed by atoms with Crippen LogP contribution in [0.3, 0.4) is 0 Å². The third-order valence-electron chi connectivity index (χ3n) is 5.01. The molecule has 1 fully saturated rings. The van der Waals surface area contributed by atoms with Gasteiger partial charge in [-0.3, -0.25) is 0 Å². The van der Waals surface area contributed by atoms with Crippen LogP contribution in [0, 0.1) is 0 Å². The van der Waals surface area contributed by atoms with Gasteiger partial charge in [-0.1, -0.05) is 72.8 Å². The second-order valence-corrected chi connectivity index (χ2v) is 7.00. The van der Waals surface area contributed by atoms with E-state index in [2.05, 4.69) is 83.0 Å². The van der Waals surface area contributed by atoms with E-state index >= 15 is 0 Å². The maximum absolute atomic E-state index is 5.56. The van der Waals surface area contributed by atoms with Gasteiger partial charge in [-0.2, -0.15) is 0 Å². The molecule has 1 N–H and O–H groups in total. The Balaban J connectivity index is 1.49. The van der Waals surface area contributed by atoms with Crippen molar-refractivity contribution >= 4 is 28.1 Å². The predicted molar refractivity (Wildman–Crippen MR) is 109 cm³/mol. The van der Waals surface area contributed by atoms with Gasteiger partial charge in [0.05, 0.1) is 6.04 Å². The summed E-state index contributed by atoms with van der Waals surface area (Å²) >= 11 is 5.56. The Labute approximate surface area is 154 Å². The zero-order valence-electron chi connectivity index (χ0n) is 14.2. The molecule has 3 heteroatoms. The number of hydrogen-bond acceptors (Lipinski definition) is 1. The van der Waals surface area contributed by atoms with Crippen molar-refractivity contribution in [2.24, 2.45) is 0 Å². The molecular weight excluding hydrogens is 324 g/mol. The number of fused-ring (bicyclic) bond motifs is 1. The van der Waals surface area contributed by atoms with Crippen LogP contribution in [0.5, 0.6) is 0 Å². The fraction of sp³-hybridized carbons (Fsp3) is 0.227. The molecule has 25 heavy (non-hydrogen) atoms. The Kier molecular flexibility index (Phi) is 4.66. The fourth-order valence-corrected chi connectivity index (χ4v) is 4.01. The molecule has 3 aromatic rings. The Morgan fingerprint density at radius 1 is 0.920 bits per heavy atom. The third-order valence-corrected chi connectivity index (χ3v) is 5.39. The third kappa shape index (κ3) is 3.52. The van der Waals surface area contributed by atoms with Gasteiger partial charge in [0.1, 0.15) is 0 Å². The average Bonchev–Trinajstić information content (AvgIpc) is 3.00. The highest BCUT2D eigenvalue weighted by Gasteiger charge is 2.27. The molecule has 0 aromatic heterocycles. The van der Waals surface area contributed by atoms with Crippen molar-refractivity contribution < 1.29 is 0 Å². The Hall–Kier alpha value is -2.39. The molecule has 0 bridgehead atoms. The molecule has 1 saturated heterocycles. The standard InChI is InChI=1S/C22H22N2S/c25-22-23-16-20(15-17-7-2-1-3-8-17)24(22)14-13-19-11-6-10-18-9-4-5-12-21(18)19/h1-12,20H,13-16H2,(H,23,25)/t20-/m0/s1. The average molecular weight is 346 g/mol. The molecule has 1 atom stereocenters. The van der Waals surface area contributed by atoms with Crippen LogP contribution in [0.4, 0.5) is 0 Å². The molecule has 0 saturated carbocycles. The Bertz CT molecular complexity index is 870. The van der Waals surface area contributed by atoms with Gasteiger partial charge in [0.25, 0.3) is 0 Å². The molecule has 0 amide bonds. The first kappa shape index (κ1) is 16.1. The van der Waals surface area contributed by atoms with E-state index in [1.54, 1.807) is 0 Å². The van der Waals surface area contributed by atoms with E-state index < -0.39 is 0 Å². The number of benzene rings is 3. The van der Waals surface area contributed by atoms with Crippen molar-refractivity contribution in [3.8, 4) is 0 Å². The van der Waals surface area contributed by atoms with Crippen LogP contribution in [0.1, 0.15) is 11.1 Å². The van der Waals surface area contributed by atoms with Crippen LogP contribution in [0.15, 0.2) is 72.8 Å². The van der Waals surface area contributed by atoms with Gasteiger partial charge in [0.15, 0.2) is 5.11 Å². The highest BCUT2D eigenvalue weighted by atomic mass is 32.1. The Morgan fingerprint density at radius 3 is 2.56 bits per heavy atom. The molecule has 4 rings (SSSR count). The normalized spacial score (nSPS) is 17.0. The van der Waals surface area contributed by atoms with Gasteiger partial charge < -0.3 is 10.2 Å². The number of rotatable bonds is 5. The van der Waals surface area contributed by atoms with E-state index in [1.165, 1.54) is 21.9 Å². The van der Waals surface area contributed by atoms with E-state index in [-0.39, 0.29) is 0 Å². The molecular formula is C22H22N2S. The molecule has 1 heterocycles. The van der Waals surface area contributed by atoms with Gasteiger partial charge in [0, 0.05) is 13.1 Å². The highest BCUT2D eigenvalue weighted by molar-refractivity contribution is 7.80. The highest BCUT2D eigenvalue weighted by Crippen LogP contribution is 2.21. The van der Waals surface area contributed by atoms with Crippen molar-refractivity contribution in [3.05, 3.63) is 83.9 Å². The first-order valence-electron chi connectivity index (χ1n) is 8.86. The minimum Gasteiger partial charge on any atom is -0.360 e. The number of thiocarbonyl (C=S) groups is 1. The molecule has 1 aliphatic rings. The van der Waals surface area contributed by atoms with Crippen molar-refractivity contribution in [2.75, 3.05) is 13.1 Å². The summed E-state index contributed by atoms with van der Waals surface area (Å²) in [5, 5.41) is 6.92. The van der Waals surface area contributed by atoms with E-state index in [4.69, 9.17) is 12.2 Å². The Morgan fingerprint density at radius 2 is 1.68 bits per heavy atom. The van der Waals surface area contributed by atoms with Crippen LogP contribution < -0.4 is 5.32 Å². The molecule has 3 aromatic carbocycles. The van der Waals surface area contributed by atoms with Crippen molar-refractivity contribution in [1.29, 1.82) is 0 Å². The minimum atomic E-state index is 0.435. The maximum Gasteiger partial charge on any atom is 0.169 e. The van der Waals surface area contributed by atoms with Crippen LogP contribution in [0.25, 0.3) is 10.8 Å². The van der Waals surface area contributed by atoms with Crippen LogP contribution >= 0.6 is 12.2 Å². The summed E-state index contributed by atoms with van der Waals surface area (Å²) in [5.74, 6) is 0. The zero-order valence-corrected chi connectivity index (χ0v) is 15.0. The number of hydrogen-bond donors (Lipinski definition) is 1. The second-order valence-electron chi connectivity index (χ2n) is 6.61. The molecule has 1 aliphatic heterocycles. The summed E-state index contributed by atoms with van der Waals surface area (Å²) in [6.07, 6.45) is 2.04. The fourth-order valence-electron chi connectivity index (χ4n) is 3.69. The lowest BCUT2D eigenvalue weighted by atomic mass is 10.0. The zero-order chi connectivity index (χ0) is 17.1. The smallest absolute Gasteiger partial charge is 0.169 e. The van der Waals surface area contributed by atoms with E-state index in [0.29, 0.717) is 6.04 Å². The molecule has 2 nitrogen and oxygen atoms in total. The van der Waals surface area contributed by atoms with Gasteiger partial charge >= 0.3 is 0 Å². The van der Waals surface area contributed by atoms with E-state index in [1.807, 2.05) is 0 Å². The summed E-state index contributed by atoms with van der Waals surface area (Å²) in [6.45, 7) is 1.89. The van der Waals surface area contributed by atoms with Gasteiger partial charge in [0.2, 0.25) is 0 Å². The SMILES string of the molecule is S=C1NC[C@H](Cc2ccccc2)N1CCc1cccc2ccccc12.